The Morgan fingerprint density at radius 1 is 1.29 bits per heavy atom. The van der Waals surface area contributed by atoms with Gasteiger partial charge in [0.05, 0.1) is 24.4 Å². The second-order valence-electron chi connectivity index (χ2n) is 4.53. The zero-order chi connectivity index (χ0) is 14.7. The summed E-state index contributed by atoms with van der Waals surface area (Å²) in [5.41, 5.74) is 2.22. The third-order valence-electron chi connectivity index (χ3n) is 3.18. The minimum atomic E-state index is -0.152. The van der Waals surface area contributed by atoms with Gasteiger partial charge in [-0.05, 0) is 11.6 Å². The second kappa shape index (κ2) is 5.62. The first-order chi connectivity index (χ1) is 10.3. The summed E-state index contributed by atoms with van der Waals surface area (Å²) < 4.78 is 4.99. The van der Waals surface area contributed by atoms with Gasteiger partial charge in [0.2, 0.25) is 5.88 Å². The van der Waals surface area contributed by atoms with Crippen molar-refractivity contribution < 1.29 is 9.53 Å². The maximum absolute atomic E-state index is 12.2. The molecule has 2 N–H and O–H groups in total. The highest BCUT2D eigenvalue weighted by molar-refractivity contribution is 6.05. The first-order valence-electron chi connectivity index (χ1n) is 6.47. The molecule has 0 aliphatic rings. The SMILES string of the molecule is COc1ccc(CNC(=O)c2cccc3cn[nH]c23)cn1. The van der Waals surface area contributed by atoms with Crippen LogP contribution in [0.4, 0.5) is 0 Å². The van der Waals surface area contributed by atoms with Crippen LogP contribution in [0, 0.1) is 0 Å². The van der Waals surface area contributed by atoms with Crippen molar-refractivity contribution in [3.8, 4) is 5.88 Å². The molecule has 0 saturated heterocycles. The van der Waals surface area contributed by atoms with E-state index >= 15 is 0 Å². The van der Waals surface area contributed by atoms with Gasteiger partial charge in [-0.2, -0.15) is 5.10 Å². The Balaban J connectivity index is 1.72. The molecule has 0 unspecified atom stereocenters. The number of pyridine rings is 1. The van der Waals surface area contributed by atoms with E-state index in [0.717, 1.165) is 16.5 Å². The topological polar surface area (TPSA) is 79.9 Å². The maximum atomic E-state index is 12.2. The molecule has 6 nitrogen and oxygen atoms in total. The Morgan fingerprint density at radius 3 is 2.95 bits per heavy atom. The average molecular weight is 282 g/mol. The number of carbonyl (C=O) groups is 1. The fourth-order valence-corrected chi connectivity index (χ4v) is 2.07. The first kappa shape index (κ1) is 13.1. The number of hydrogen-bond acceptors (Lipinski definition) is 4. The predicted octanol–water partition coefficient (Wildman–Crippen LogP) is 1.90. The summed E-state index contributed by atoms with van der Waals surface area (Å²) in [6.45, 7) is 0.403. The van der Waals surface area contributed by atoms with E-state index in [0.29, 0.717) is 18.0 Å². The molecule has 6 heteroatoms. The smallest absolute Gasteiger partial charge is 0.253 e. The fraction of sp³-hybridized carbons (Fsp3) is 0.133. The van der Waals surface area contributed by atoms with Gasteiger partial charge >= 0.3 is 0 Å². The van der Waals surface area contributed by atoms with Gasteiger partial charge in [-0.15, -0.1) is 0 Å². The number of aromatic amines is 1. The van der Waals surface area contributed by atoms with Gasteiger partial charge in [0.25, 0.3) is 5.91 Å². The predicted molar refractivity (Wildman–Crippen MR) is 78.1 cm³/mol. The molecule has 0 spiro atoms. The number of methoxy groups -OCH3 is 1. The van der Waals surface area contributed by atoms with E-state index in [2.05, 4.69) is 20.5 Å². The van der Waals surface area contributed by atoms with Crippen molar-refractivity contribution in [3.63, 3.8) is 0 Å². The molecular weight excluding hydrogens is 268 g/mol. The lowest BCUT2D eigenvalue weighted by molar-refractivity contribution is 0.0952. The van der Waals surface area contributed by atoms with Crippen LogP contribution >= 0.6 is 0 Å². The van der Waals surface area contributed by atoms with E-state index in [1.807, 2.05) is 18.2 Å². The molecule has 0 fully saturated rings. The Morgan fingerprint density at radius 2 is 2.19 bits per heavy atom. The van der Waals surface area contributed by atoms with Crippen LogP contribution in [0.3, 0.4) is 0 Å². The highest BCUT2D eigenvalue weighted by Crippen LogP contribution is 2.15. The Labute approximate surface area is 121 Å². The zero-order valence-electron chi connectivity index (χ0n) is 11.5. The van der Waals surface area contributed by atoms with Crippen LogP contribution < -0.4 is 10.1 Å². The lowest BCUT2D eigenvalue weighted by Gasteiger charge is -2.06. The average Bonchev–Trinajstić information content (AvgIpc) is 3.01. The van der Waals surface area contributed by atoms with E-state index in [1.165, 1.54) is 0 Å². The van der Waals surface area contributed by atoms with Gasteiger partial charge in [0, 0.05) is 24.2 Å². The van der Waals surface area contributed by atoms with Crippen molar-refractivity contribution in [1.82, 2.24) is 20.5 Å². The van der Waals surface area contributed by atoms with Crippen molar-refractivity contribution in [2.24, 2.45) is 0 Å². The summed E-state index contributed by atoms with van der Waals surface area (Å²) in [7, 11) is 1.56. The number of nitrogens with zero attached hydrogens (tertiary/aromatic N) is 2. The molecule has 0 aliphatic heterocycles. The minimum Gasteiger partial charge on any atom is -0.481 e. The Hall–Kier alpha value is -2.89. The molecule has 2 heterocycles. The monoisotopic (exact) mass is 282 g/mol. The molecule has 1 aromatic carbocycles. The van der Waals surface area contributed by atoms with Crippen LogP contribution in [0.25, 0.3) is 10.9 Å². The van der Waals surface area contributed by atoms with Gasteiger partial charge < -0.3 is 10.1 Å². The number of benzene rings is 1. The number of H-pyrrole nitrogens is 1. The number of amides is 1. The van der Waals surface area contributed by atoms with Gasteiger partial charge in [-0.3, -0.25) is 9.89 Å². The lowest BCUT2D eigenvalue weighted by Crippen LogP contribution is -2.23. The van der Waals surface area contributed by atoms with Gasteiger partial charge in [0.1, 0.15) is 0 Å². The van der Waals surface area contributed by atoms with Crippen molar-refractivity contribution in [3.05, 3.63) is 53.9 Å². The number of rotatable bonds is 4. The van der Waals surface area contributed by atoms with Crippen molar-refractivity contribution in [1.29, 1.82) is 0 Å². The highest BCUT2D eigenvalue weighted by Gasteiger charge is 2.10. The Kier molecular flexibility index (Phi) is 3.51. The molecule has 0 aliphatic carbocycles. The van der Waals surface area contributed by atoms with Crippen molar-refractivity contribution >= 4 is 16.8 Å². The third kappa shape index (κ3) is 2.69. The molecule has 21 heavy (non-hydrogen) atoms. The van der Waals surface area contributed by atoms with E-state index in [1.54, 1.807) is 31.6 Å². The van der Waals surface area contributed by atoms with Gasteiger partial charge in [0.15, 0.2) is 0 Å². The molecule has 2 aromatic heterocycles. The maximum Gasteiger partial charge on any atom is 0.253 e. The summed E-state index contributed by atoms with van der Waals surface area (Å²) >= 11 is 0. The largest absolute Gasteiger partial charge is 0.481 e. The molecule has 106 valence electrons. The normalized spacial score (nSPS) is 10.5. The van der Waals surface area contributed by atoms with E-state index in [4.69, 9.17) is 4.74 Å². The molecule has 0 bridgehead atoms. The number of carbonyl (C=O) groups excluding carboxylic acids is 1. The van der Waals surface area contributed by atoms with Crippen molar-refractivity contribution in [2.75, 3.05) is 7.11 Å². The third-order valence-corrected chi connectivity index (χ3v) is 3.18. The Bertz CT molecular complexity index is 765. The number of ether oxygens (including phenoxy) is 1. The van der Waals surface area contributed by atoms with E-state index < -0.39 is 0 Å². The second-order valence-corrected chi connectivity index (χ2v) is 4.53. The lowest BCUT2D eigenvalue weighted by atomic mass is 10.1. The molecular formula is C15H14N4O2. The van der Waals surface area contributed by atoms with Gasteiger partial charge in [-0.1, -0.05) is 18.2 Å². The molecule has 0 radical (unpaired) electrons. The van der Waals surface area contributed by atoms with Crippen LogP contribution in [0.15, 0.2) is 42.7 Å². The van der Waals surface area contributed by atoms with Crippen LogP contribution in [-0.4, -0.2) is 28.2 Å². The molecule has 3 aromatic rings. The molecule has 0 atom stereocenters. The quantitative estimate of drug-likeness (QED) is 0.766. The number of fused-ring (bicyclic) bond motifs is 1. The first-order valence-corrected chi connectivity index (χ1v) is 6.47. The van der Waals surface area contributed by atoms with Gasteiger partial charge in [-0.25, -0.2) is 4.98 Å². The summed E-state index contributed by atoms with van der Waals surface area (Å²) in [5.74, 6) is 0.396. The number of hydrogen-bond donors (Lipinski definition) is 2. The van der Waals surface area contributed by atoms with Crippen LogP contribution in [0.1, 0.15) is 15.9 Å². The number of nitrogens with one attached hydrogen (secondary N) is 2. The summed E-state index contributed by atoms with van der Waals surface area (Å²) in [5, 5.41) is 10.6. The number of para-hydroxylation sites is 1. The van der Waals surface area contributed by atoms with E-state index in [-0.39, 0.29) is 5.91 Å². The van der Waals surface area contributed by atoms with E-state index in [9.17, 15) is 4.79 Å². The zero-order valence-corrected chi connectivity index (χ0v) is 11.5. The minimum absolute atomic E-state index is 0.152. The standard InChI is InChI=1S/C15H14N4O2/c1-21-13-6-5-10(7-16-13)8-17-15(20)12-4-2-3-11-9-18-19-14(11)12/h2-7,9H,8H2,1H3,(H,17,20)(H,18,19). The molecule has 3 rings (SSSR count). The molecule has 0 saturated carbocycles. The summed E-state index contributed by atoms with van der Waals surface area (Å²) in [4.78, 5) is 16.3. The van der Waals surface area contributed by atoms with Crippen molar-refractivity contribution in [2.45, 2.75) is 6.54 Å². The summed E-state index contributed by atoms with van der Waals surface area (Å²) in [6.07, 6.45) is 3.37. The van der Waals surface area contributed by atoms with Crippen LogP contribution in [0.2, 0.25) is 0 Å². The summed E-state index contributed by atoms with van der Waals surface area (Å²) in [6, 6.07) is 9.13. The highest BCUT2D eigenvalue weighted by atomic mass is 16.5. The number of aromatic nitrogens is 3. The fourth-order valence-electron chi connectivity index (χ4n) is 2.07. The van der Waals surface area contributed by atoms with Crippen LogP contribution in [-0.2, 0) is 6.54 Å². The molecule has 1 amide bonds. The van der Waals surface area contributed by atoms with Crippen LogP contribution in [0.5, 0.6) is 5.88 Å².